The van der Waals surface area contributed by atoms with Crippen LogP contribution in [0.4, 0.5) is 0 Å². The summed E-state index contributed by atoms with van der Waals surface area (Å²) in [4.78, 5) is 0. The van der Waals surface area contributed by atoms with Crippen molar-refractivity contribution in [3.63, 3.8) is 0 Å². The maximum Gasteiger partial charge on any atom is 0.0934 e. The van der Waals surface area contributed by atoms with E-state index in [0.717, 1.165) is 6.42 Å². The number of rotatable bonds is 1. The van der Waals surface area contributed by atoms with Gasteiger partial charge in [0, 0.05) is 5.41 Å². The third kappa shape index (κ3) is 1.93. The van der Waals surface area contributed by atoms with E-state index in [1.807, 2.05) is 0 Å². The molecule has 1 saturated carbocycles. The van der Waals surface area contributed by atoms with Crippen LogP contribution in [0.2, 0.25) is 0 Å². The van der Waals surface area contributed by atoms with Crippen LogP contribution in [0.3, 0.4) is 0 Å². The summed E-state index contributed by atoms with van der Waals surface area (Å²) < 4.78 is 0. The molecule has 3 N–H and O–H groups in total. The Labute approximate surface area is 110 Å². The molecule has 0 radical (unpaired) electrons. The zero-order valence-electron chi connectivity index (χ0n) is 11.9. The van der Waals surface area contributed by atoms with Crippen LogP contribution in [0.1, 0.15) is 53.4 Å². The van der Waals surface area contributed by atoms with Gasteiger partial charge < -0.3 is 15.3 Å². The second-order valence-electron chi connectivity index (χ2n) is 7.05. The molecule has 0 aromatic heterocycles. The Balaban J connectivity index is 2.33. The fraction of sp³-hybridized carbons (Fsp3) is 0.867. The van der Waals surface area contributed by atoms with Crippen molar-refractivity contribution in [3.8, 4) is 0 Å². The number of aliphatic hydroxyl groups excluding tert-OH is 1. The average Bonchev–Trinajstić information content (AvgIpc) is 2.26. The molecule has 4 unspecified atom stereocenters. The highest BCUT2D eigenvalue weighted by molar-refractivity contribution is 5.20. The number of fused-ring (bicyclic) bond motifs is 1. The summed E-state index contributed by atoms with van der Waals surface area (Å²) >= 11 is 0. The van der Waals surface area contributed by atoms with E-state index >= 15 is 0 Å². The summed E-state index contributed by atoms with van der Waals surface area (Å²) in [6.45, 7) is 7.54. The first kappa shape index (κ1) is 14.0. The van der Waals surface area contributed by atoms with Crippen LogP contribution in [0.25, 0.3) is 0 Å². The van der Waals surface area contributed by atoms with Gasteiger partial charge in [-0.1, -0.05) is 18.6 Å². The minimum absolute atomic E-state index is 0.156. The van der Waals surface area contributed by atoms with Crippen molar-refractivity contribution in [3.05, 3.63) is 11.6 Å². The van der Waals surface area contributed by atoms with E-state index in [1.54, 1.807) is 13.8 Å². The Morgan fingerprint density at radius 2 is 1.94 bits per heavy atom. The molecule has 3 nitrogen and oxygen atoms in total. The van der Waals surface area contributed by atoms with Crippen LogP contribution < -0.4 is 0 Å². The Bertz CT molecular complexity index is 368. The fourth-order valence-electron chi connectivity index (χ4n) is 3.67. The molecule has 0 aromatic carbocycles. The van der Waals surface area contributed by atoms with Crippen LogP contribution in [0.5, 0.6) is 0 Å². The van der Waals surface area contributed by atoms with Crippen LogP contribution >= 0.6 is 0 Å². The molecule has 0 amide bonds. The van der Waals surface area contributed by atoms with E-state index in [-0.39, 0.29) is 17.4 Å². The first-order chi connectivity index (χ1) is 8.10. The van der Waals surface area contributed by atoms with E-state index in [9.17, 15) is 15.3 Å². The van der Waals surface area contributed by atoms with Crippen molar-refractivity contribution in [1.82, 2.24) is 0 Å². The molecule has 104 valence electrons. The third-order valence-corrected chi connectivity index (χ3v) is 5.53. The van der Waals surface area contributed by atoms with E-state index in [4.69, 9.17) is 0 Å². The lowest BCUT2D eigenvalue weighted by Crippen LogP contribution is -2.59. The van der Waals surface area contributed by atoms with Gasteiger partial charge >= 0.3 is 0 Å². The Hall–Kier alpha value is -0.380. The van der Waals surface area contributed by atoms with Crippen LogP contribution in [-0.4, -0.2) is 32.6 Å². The van der Waals surface area contributed by atoms with Crippen molar-refractivity contribution >= 4 is 0 Å². The quantitative estimate of drug-likeness (QED) is 0.627. The van der Waals surface area contributed by atoms with Gasteiger partial charge in [-0.25, -0.2) is 0 Å². The Morgan fingerprint density at radius 3 is 2.50 bits per heavy atom. The molecule has 3 heteroatoms. The van der Waals surface area contributed by atoms with E-state index in [1.165, 1.54) is 5.57 Å². The first-order valence-electron chi connectivity index (χ1n) is 6.90. The molecule has 2 aliphatic rings. The highest BCUT2D eigenvalue weighted by Crippen LogP contribution is 2.55. The number of aliphatic hydroxyl groups is 3. The highest BCUT2D eigenvalue weighted by Gasteiger charge is 2.55. The molecule has 0 heterocycles. The van der Waals surface area contributed by atoms with Gasteiger partial charge in [0.25, 0.3) is 0 Å². The lowest BCUT2D eigenvalue weighted by molar-refractivity contribution is -0.185. The maximum absolute atomic E-state index is 10.7. The zero-order valence-corrected chi connectivity index (χ0v) is 11.9. The monoisotopic (exact) mass is 254 g/mol. The topological polar surface area (TPSA) is 60.7 Å². The normalized spacial score (nSPS) is 45.4. The summed E-state index contributed by atoms with van der Waals surface area (Å²) in [6, 6.07) is 0. The largest absolute Gasteiger partial charge is 0.392 e. The fourth-order valence-corrected chi connectivity index (χ4v) is 3.67. The smallest absolute Gasteiger partial charge is 0.0934 e. The summed E-state index contributed by atoms with van der Waals surface area (Å²) in [5.41, 5.74) is -1.07. The van der Waals surface area contributed by atoms with E-state index in [0.29, 0.717) is 19.3 Å². The predicted octanol–water partition coefficient (Wildman–Crippen LogP) is 2.01. The molecular formula is C15H26O3. The van der Waals surface area contributed by atoms with Crippen LogP contribution in [-0.2, 0) is 0 Å². The van der Waals surface area contributed by atoms with Crippen molar-refractivity contribution < 1.29 is 15.3 Å². The number of hydrogen-bond donors (Lipinski definition) is 3. The first-order valence-corrected chi connectivity index (χ1v) is 6.90. The second kappa shape index (κ2) is 4.06. The molecule has 1 fully saturated rings. The molecule has 0 aromatic rings. The van der Waals surface area contributed by atoms with Gasteiger partial charge in [0.05, 0.1) is 17.3 Å². The zero-order chi connectivity index (χ0) is 13.8. The molecular weight excluding hydrogens is 228 g/mol. The summed E-state index contributed by atoms with van der Waals surface area (Å²) in [5, 5.41) is 31.2. The molecule has 2 aliphatic carbocycles. The van der Waals surface area contributed by atoms with Gasteiger partial charge in [0.15, 0.2) is 0 Å². The molecule has 0 aliphatic heterocycles. The minimum atomic E-state index is -1.10. The molecule has 0 spiro atoms. The lowest BCUT2D eigenvalue weighted by Gasteiger charge is -2.55. The van der Waals surface area contributed by atoms with Gasteiger partial charge in [0.2, 0.25) is 0 Å². The van der Waals surface area contributed by atoms with E-state index < -0.39 is 11.2 Å². The molecule has 0 saturated heterocycles. The summed E-state index contributed by atoms with van der Waals surface area (Å²) in [7, 11) is 0. The van der Waals surface area contributed by atoms with Crippen LogP contribution in [0.15, 0.2) is 11.6 Å². The Kier molecular flexibility index (Phi) is 3.16. The summed E-state index contributed by atoms with van der Waals surface area (Å²) in [6.07, 6.45) is 4.29. The van der Waals surface area contributed by atoms with Gasteiger partial charge in [-0.05, 0) is 52.4 Å². The van der Waals surface area contributed by atoms with Crippen molar-refractivity contribution in [2.75, 3.05) is 0 Å². The maximum atomic E-state index is 10.7. The van der Waals surface area contributed by atoms with Crippen molar-refractivity contribution in [2.45, 2.75) is 70.7 Å². The molecule has 4 atom stereocenters. The van der Waals surface area contributed by atoms with Crippen molar-refractivity contribution in [2.24, 2.45) is 11.3 Å². The number of hydrogen-bond acceptors (Lipinski definition) is 3. The molecule has 2 rings (SSSR count). The highest BCUT2D eigenvalue weighted by atomic mass is 16.4. The third-order valence-electron chi connectivity index (χ3n) is 5.53. The van der Waals surface area contributed by atoms with Gasteiger partial charge in [0.1, 0.15) is 0 Å². The minimum Gasteiger partial charge on any atom is -0.392 e. The lowest BCUT2D eigenvalue weighted by atomic mass is 9.54. The SMILES string of the molecule is CC1=CCC(O)C2(C)CCC(O)(C(C)(C)O)CC12. The molecule has 18 heavy (non-hydrogen) atoms. The van der Waals surface area contributed by atoms with Gasteiger partial charge in [-0.15, -0.1) is 0 Å². The van der Waals surface area contributed by atoms with Crippen molar-refractivity contribution in [1.29, 1.82) is 0 Å². The number of allylic oxidation sites excluding steroid dienone is 1. The van der Waals surface area contributed by atoms with Gasteiger partial charge in [-0.3, -0.25) is 0 Å². The average molecular weight is 254 g/mol. The van der Waals surface area contributed by atoms with E-state index in [2.05, 4.69) is 19.9 Å². The van der Waals surface area contributed by atoms with Crippen LogP contribution in [0, 0.1) is 11.3 Å². The predicted molar refractivity (Wildman–Crippen MR) is 71.1 cm³/mol. The Morgan fingerprint density at radius 1 is 1.33 bits per heavy atom. The standard InChI is InChI=1S/C15H26O3/c1-10-5-6-12(16)14(4)7-8-15(18,9-11(10)14)13(2,3)17/h5,11-12,16-18H,6-9H2,1-4H3. The second-order valence-corrected chi connectivity index (χ2v) is 7.05. The molecule has 0 bridgehead atoms. The summed E-state index contributed by atoms with van der Waals surface area (Å²) in [5.74, 6) is 0.159. The van der Waals surface area contributed by atoms with Gasteiger partial charge in [-0.2, -0.15) is 0 Å².